The number of nitrogens with zero attached hydrogens (tertiary/aromatic N) is 1. The molecule has 0 aromatic rings. The summed E-state index contributed by atoms with van der Waals surface area (Å²) >= 11 is 0. The quantitative estimate of drug-likeness (QED) is 0.751. The lowest BCUT2D eigenvalue weighted by molar-refractivity contribution is -0.137. The van der Waals surface area contributed by atoms with E-state index >= 15 is 0 Å². The van der Waals surface area contributed by atoms with Crippen LogP contribution in [0.2, 0.25) is 0 Å². The number of aliphatic carboxylic acids is 1. The number of hydrogen-bond acceptors (Lipinski definition) is 3. The van der Waals surface area contributed by atoms with Crippen molar-refractivity contribution in [2.75, 3.05) is 26.8 Å². The normalized spacial score (nSPS) is 19.9. The van der Waals surface area contributed by atoms with Crippen molar-refractivity contribution in [3.05, 3.63) is 0 Å². The van der Waals surface area contributed by atoms with Gasteiger partial charge in [-0.3, -0.25) is 4.79 Å². The van der Waals surface area contributed by atoms with Crippen molar-refractivity contribution < 1.29 is 14.6 Å². The van der Waals surface area contributed by atoms with Gasteiger partial charge in [-0.15, -0.1) is 0 Å². The summed E-state index contributed by atoms with van der Waals surface area (Å²) in [4.78, 5) is 12.8. The molecule has 1 aliphatic heterocycles. The third-order valence-electron chi connectivity index (χ3n) is 3.42. The SMILES string of the molecule is CC(CCC(=O)O)N(C)CC1CCOCC1. The molecule has 0 aromatic heterocycles. The Morgan fingerprint density at radius 1 is 1.50 bits per heavy atom. The van der Waals surface area contributed by atoms with E-state index in [2.05, 4.69) is 18.9 Å². The second-order valence-electron chi connectivity index (χ2n) is 4.78. The smallest absolute Gasteiger partial charge is 0.303 e. The van der Waals surface area contributed by atoms with Gasteiger partial charge < -0.3 is 14.7 Å². The summed E-state index contributed by atoms with van der Waals surface area (Å²) in [6.45, 7) is 4.91. The van der Waals surface area contributed by atoms with Crippen molar-refractivity contribution in [2.45, 2.75) is 38.6 Å². The highest BCUT2D eigenvalue weighted by Gasteiger charge is 2.18. The zero-order chi connectivity index (χ0) is 12.0. The predicted molar refractivity (Wildman–Crippen MR) is 62.5 cm³/mol. The Bertz CT molecular complexity index is 214. The second-order valence-corrected chi connectivity index (χ2v) is 4.78. The Balaban J connectivity index is 2.21. The van der Waals surface area contributed by atoms with Crippen LogP contribution in [0.25, 0.3) is 0 Å². The summed E-state index contributed by atoms with van der Waals surface area (Å²) in [5.41, 5.74) is 0. The molecule has 0 amide bonds. The van der Waals surface area contributed by atoms with Crippen LogP contribution in [0.3, 0.4) is 0 Å². The van der Waals surface area contributed by atoms with Gasteiger partial charge in [-0.05, 0) is 39.2 Å². The maximum absolute atomic E-state index is 10.5. The first-order chi connectivity index (χ1) is 7.59. The lowest BCUT2D eigenvalue weighted by Gasteiger charge is -2.30. The number of rotatable bonds is 6. The summed E-state index contributed by atoms with van der Waals surface area (Å²) in [6, 6.07) is 0.346. The summed E-state index contributed by atoms with van der Waals surface area (Å²) in [7, 11) is 2.09. The van der Waals surface area contributed by atoms with Gasteiger partial charge in [0.1, 0.15) is 0 Å². The minimum Gasteiger partial charge on any atom is -0.481 e. The Morgan fingerprint density at radius 3 is 2.69 bits per heavy atom. The highest BCUT2D eigenvalue weighted by Crippen LogP contribution is 2.17. The van der Waals surface area contributed by atoms with Crippen LogP contribution in [0.1, 0.15) is 32.6 Å². The molecule has 16 heavy (non-hydrogen) atoms. The van der Waals surface area contributed by atoms with Gasteiger partial charge in [0.15, 0.2) is 0 Å². The van der Waals surface area contributed by atoms with E-state index in [-0.39, 0.29) is 6.42 Å². The maximum Gasteiger partial charge on any atom is 0.303 e. The highest BCUT2D eigenvalue weighted by molar-refractivity contribution is 5.66. The molecule has 1 atom stereocenters. The van der Waals surface area contributed by atoms with Crippen molar-refractivity contribution in [2.24, 2.45) is 5.92 Å². The van der Waals surface area contributed by atoms with Crippen LogP contribution in [-0.2, 0) is 9.53 Å². The maximum atomic E-state index is 10.5. The van der Waals surface area contributed by atoms with Crippen LogP contribution in [0.4, 0.5) is 0 Å². The Hall–Kier alpha value is -0.610. The molecule has 0 spiro atoms. The van der Waals surface area contributed by atoms with E-state index in [4.69, 9.17) is 9.84 Å². The Morgan fingerprint density at radius 2 is 2.12 bits per heavy atom. The second kappa shape index (κ2) is 6.86. The van der Waals surface area contributed by atoms with Gasteiger partial charge in [0.05, 0.1) is 0 Å². The van der Waals surface area contributed by atoms with Gasteiger partial charge in [-0.1, -0.05) is 0 Å². The lowest BCUT2D eigenvalue weighted by Crippen LogP contribution is -2.35. The topological polar surface area (TPSA) is 49.8 Å². The average molecular weight is 229 g/mol. The minimum atomic E-state index is -0.702. The zero-order valence-electron chi connectivity index (χ0n) is 10.3. The number of hydrogen-bond donors (Lipinski definition) is 1. The van der Waals surface area contributed by atoms with E-state index in [1.807, 2.05) is 0 Å². The number of carboxylic acid groups (broad SMARTS) is 1. The summed E-state index contributed by atoms with van der Waals surface area (Å²) < 4.78 is 5.32. The molecule has 94 valence electrons. The van der Waals surface area contributed by atoms with Crippen LogP contribution in [-0.4, -0.2) is 48.8 Å². The number of carboxylic acids is 1. The molecule has 0 bridgehead atoms. The van der Waals surface area contributed by atoms with Gasteiger partial charge in [-0.25, -0.2) is 0 Å². The summed E-state index contributed by atoms with van der Waals surface area (Å²) in [5, 5.41) is 8.63. The van der Waals surface area contributed by atoms with Crippen molar-refractivity contribution >= 4 is 5.97 Å². The molecule has 1 aliphatic rings. The monoisotopic (exact) mass is 229 g/mol. The molecule has 1 N–H and O–H groups in total. The van der Waals surface area contributed by atoms with Gasteiger partial charge in [0.2, 0.25) is 0 Å². The molecule has 0 aliphatic carbocycles. The summed E-state index contributed by atoms with van der Waals surface area (Å²) in [5.74, 6) is 0.0114. The third kappa shape index (κ3) is 4.94. The predicted octanol–water partition coefficient (Wildman–Crippen LogP) is 1.60. The molecular weight excluding hydrogens is 206 g/mol. The minimum absolute atomic E-state index is 0.263. The Labute approximate surface area is 97.6 Å². The van der Waals surface area contributed by atoms with E-state index in [1.165, 1.54) is 0 Å². The fourth-order valence-corrected chi connectivity index (χ4v) is 2.07. The van der Waals surface area contributed by atoms with Crippen molar-refractivity contribution in [1.29, 1.82) is 0 Å². The van der Waals surface area contributed by atoms with Gasteiger partial charge in [0, 0.05) is 32.2 Å². The Kier molecular flexibility index (Phi) is 5.77. The molecular formula is C12H23NO3. The largest absolute Gasteiger partial charge is 0.481 e. The fourth-order valence-electron chi connectivity index (χ4n) is 2.07. The fraction of sp³-hybridized carbons (Fsp3) is 0.917. The summed E-state index contributed by atoms with van der Waals surface area (Å²) in [6.07, 6.45) is 3.26. The molecule has 1 saturated heterocycles. The van der Waals surface area contributed by atoms with Crippen molar-refractivity contribution in [1.82, 2.24) is 4.90 Å². The molecule has 4 nitrogen and oxygen atoms in total. The van der Waals surface area contributed by atoms with Crippen LogP contribution in [0.5, 0.6) is 0 Å². The molecule has 1 fully saturated rings. The molecule has 0 radical (unpaired) electrons. The van der Waals surface area contributed by atoms with E-state index in [9.17, 15) is 4.79 Å². The molecule has 0 saturated carbocycles. The first-order valence-corrected chi connectivity index (χ1v) is 6.09. The van der Waals surface area contributed by atoms with Crippen LogP contribution >= 0.6 is 0 Å². The highest BCUT2D eigenvalue weighted by atomic mass is 16.5. The number of carbonyl (C=O) groups is 1. The van der Waals surface area contributed by atoms with E-state index in [0.717, 1.165) is 39.0 Å². The van der Waals surface area contributed by atoms with Gasteiger partial charge in [-0.2, -0.15) is 0 Å². The zero-order valence-corrected chi connectivity index (χ0v) is 10.3. The lowest BCUT2D eigenvalue weighted by atomic mass is 9.99. The van der Waals surface area contributed by atoms with E-state index < -0.39 is 5.97 Å². The van der Waals surface area contributed by atoms with Crippen LogP contribution in [0.15, 0.2) is 0 Å². The molecule has 0 aromatic carbocycles. The molecule has 4 heteroatoms. The van der Waals surface area contributed by atoms with E-state index in [0.29, 0.717) is 12.0 Å². The first kappa shape index (κ1) is 13.5. The molecule has 1 heterocycles. The third-order valence-corrected chi connectivity index (χ3v) is 3.42. The number of ether oxygens (including phenoxy) is 1. The van der Waals surface area contributed by atoms with Crippen molar-refractivity contribution in [3.8, 4) is 0 Å². The molecule has 1 rings (SSSR count). The van der Waals surface area contributed by atoms with Gasteiger partial charge in [0.25, 0.3) is 0 Å². The molecule has 1 unspecified atom stereocenters. The van der Waals surface area contributed by atoms with Crippen LogP contribution < -0.4 is 0 Å². The van der Waals surface area contributed by atoms with Crippen LogP contribution in [0, 0.1) is 5.92 Å². The van der Waals surface area contributed by atoms with E-state index in [1.54, 1.807) is 0 Å². The average Bonchev–Trinajstić information content (AvgIpc) is 2.27. The van der Waals surface area contributed by atoms with Gasteiger partial charge >= 0.3 is 5.97 Å². The van der Waals surface area contributed by atoms with Crippen molar-refractivity contribution in [3.63, 3.8) is 0 Å². The standard InChI is InChI=1S/C12H23NO3/c1-10(3-4-12(14)15)13(2)9-11-5-7-16-8-6-11/h10-11H,3-9H2,1-2H3,(H,14,15). The first-order valence-electron chi connectivity index (χ1n) is 6.09.